The lowest BCUT2D eigenvalue weighted by atomic mass is 10.2. The minimum Gasteiger partial charge on any atom is -0.320 e. The van der Waals surface area contributed by atoms with Crippen LogP contribution in [0.2, 0.25) is 0 Å². The number of nitrogens with two attached hydrogens (primary N) is 1. The maximum atomic E-state index is 11.5. The molecule has 0 aromatic heterocycles. The molecule has 0 radical (unpaired) electrons. The predicted molar refractivity (Wildman–Crippen MR) is 36.2 cm³/mol. The van der Waals surface area contributed by atoms with Gasteiger partial charge in [0.05, 0.1) is 0 Å². The number of rotatable bonds is 2. The third-order valence-corrected chi connectivity index (χ3v) is 1.02. The first-order chi connectivity index (χ1) is 3.98. The molecule has 2 N–H and O–H groups in total. The molecule has 0 bridgehead atoms. The van der Waals surface area contributed by atoms with Crippen molar-refractivity contribution in [3.63, 3.8) is 0 Å². The van der Waals surface area contributed by atoms with Crippen LogP contribution in [0.1, 0.15) is 19.8 Å². The van der Waals surface area contributed by atoms with Crippen molar-refractivity contribution in [3.8, 4) is 0 Å². The molecule has 0 fully saturated rings. The summed E-state index contributed by atoms with van der Waals surface area (Å²) in [6.45, 7) is 1.67. The Morgan fingerprint density at radius 1 is 1.40 bits per heavy atom. The second kappa shape index (κ2) is 4.79. The van der Waals surface area contributed by atoms with Gasteiger partial charge in [-0.2, -0.15) is 13.2 Å². The highest BCUT2D eigenvalue weighted by atomic mass is 35.5. The van der Waals surface area contributed by atoms with Gasteiger partial charge in [0.25, 0.3) is 0 Å². The van der Waals surface area contributed by atoms with Gasteiger partial charge < -0.3 is 5.73 Å². The van der Waals surface area contributed by atoms with Crippen molar-refractivity contribution in [2.75, 3.05) is 0 Å². The molecule has 0 amide bonds. The molecule has 0 saturated carbocycles. The molecule has 1 nitrogen and oxygen atoms in total. The van der Waals surface area contributed by atoms with E-state index in [9.17, 15) is 13.2 Å². The predicted octanol–water partition coefficient (Wildman–Crippen LogP) is 2.10. The lowest BCUT2D eigenvalue weighted by Gasteiger charge is -2.13. The van der Waals surface area contributed by atoms with Gasteiger partial charge >= 0.3 is 6.18 Å². The Morgan fingerprint density at radius 3 is 1.90 bits per heavy atom. The van der Waals surface area contributed by atoms with Crippen molar-refractivity contribution in [1.82, 2.24) is 0 Å². The summed E-state index contributed by atoms with van der Waals surface area (Å²) in [6.07, 6.45) is -3.72. The van der Waals surface area contributed by atoms with Gasteiger partial charge in [-0.05, 0) is 6.42 Å². The summed E-state index contributed by atoms with van der Waals surface area (Å²) in [6, 6.07) is -1.64. The second-order valence-electron chi connectivity index (χ2n) is 1.94. The summed E-state index contributed by atoms with van der Waals surface area (Å²) in [5.74, 6) is 0. The Bertz CT molecular complexity index is 83.5. The van der Waals surface area contributed by atoms with Gasteiger partial charge in [-0.15, -0.1) is 12.4 Å². The smallest absolute Gasteiger partial charge is 0.320 e. The van der Waals surface area contributed by atoms with Crippen LogP contribution >= 0.6 is 12.4 Å². The van der Waals surface area contributed by atoms with Crippen LogP contribution in [0.25, 0.3) is 0 Å². The number of hydrogen-bond acceptors (Lipinski definition) is 1. The van der Waals surface area contributed by atoms with Crippen LogP contribution in [0.15, 0.2) is 0 Å². The van der Waals surface area contributed by atoms with E-state index in [1.807, 2.05) is 0 Å². The van der Waals surface area contributed by atoms with E-state index in [-0.39, 0.29) is 18.8 Å². The lowest BCUT2D eigenvalue weighted by molar-refractivity contribution is -0.148. The van der Waals surface area contributed by atoms with Crippen LogP contribution < -0.4 is 5.73 Å². The highest BCUT2D eigenvalue weighted by Gasteiger charge is 2.35. The first-order valence-electron chi connectivity index (χ1n) is 2.80. The van der Waals surface area contributed by atoms with Crippen LogP contribution in [0.5, 0.6) is 0 Å². The van der Waals surface area contributed by atoms with Crippen LogP contribution in [0, 0.1) is 0 Å². The second-order valence-corrected chi connectivity index (χ2v) is 1.94. The fourth-order valence-electron chi connectivity index (χ4n) is 0.475. The van der Waals surface area contributed by atoms with Crippen molar-refractivity contribution in [3.05, 3.63) is 0 Å². The van der Waals surface area contributed by atoms with Crippen molar-refractivity contribution in [2.24, 2.45) is 5.73 Å². The fraction of sp³-hybridized carbons (Fsp3) is 1.00. The molecule has 0 heterocycles. The van der Waals surface area contributed by atoms with E-state index in [1.165, 1.54) is 0 Å². The van der Waals surface area contributed by atoms with Gasteiger partial charge in [-0.1, -0.05) is 13.3 Å². The Kier molecular flexibility index (Phi) is 6.09. The van der Waals surface area contributed by atoms with Crippen molar-refractivity contribution in [2.45, 2.75) is 32.0 Å². The molecule has 0 aliphatic heterocycles. The zero-order valence-corrected chi connectivity index (χ0v) is 6.43. The minimum absolute atomic E-state index is 0. The third-order valence-electron chi connectivity index (χ3n) is 1.02. The molecule has 0 spiro atoms. The number of halogens is 4. The molecule has 0 aliphatic rings. The molecule has 0 rings (SSSR count). The highest BCUT2D eigenvalue weighted by molar-refractivity contribution is 5.85. The van der Waals surface area contributed by atoms with Crippen LogP contribution in [-0.2, 0) is 0 Å². The van der Waals surface area contributed by atoms with Gasteiger partial charge in [-0.3, -0.25) is 0 Å². The van der Waals surface area contributed by atoms with E-state index < -0.39 is 12.2 Å². The summed E-state index contributed by atoms with van der Waals surface area (Å²) >= 11 is 0. The molecule has 0 aromatic carbocycles. The molecular formula is C5H11ClF3N. The molecule has 1 atom stereocenters. The average molecular weight is 178 g/mol. The van der Waals surface area contributed by atoms with E-state index >= 15 is 0 Å². The van der Waals surface area contributed by atoms with Crippen LogP contribution in [0.4, 0.5) is 13.2 Å². The first kappa shape index (κ1) is 12.7. The van der Waals surface area contributed by atoms with E-state index in [1.54, 1.807) is 6.92 Å². The van der Waals surface area contributed by atoms with Gasteiger partial charge in [0.15, 0.2) is 0 Å². The SMILES string of the molecule is CCC[C@@H](N)C(F)(F)F.Cl. The third kappa shape index (κ3) is 4.88. The van der Waals surface area contributed by atoms with Gasteiger partial charge in [0, 0.05) is 0 Å². The Balaban J connectivity index is 0. The average Bonchev–Trinajstić information content (AvgIpc) is 1.64. The topological polar surface area (TPSA) is 26.0 Å². The first-order valence-corrected chi connectivity index (χ1v) is 2.80. The van der Waals surface area contributed by atoms with Crippen molar-refractivity contribution in [1.29, 1.82) is 0 Å². The Hall–Kier alpha value is 0.0400. The molecule has 10 heavy (non-hydrogen) atoms. The van der Waals surface area contributed by atoms with Crippen LogP contribution in [-0.4, -0.2) is 12.2 Å². The highest BCUT2D eigenvalue weighted by Crippen LogP contribution is 2.20. The summed E-state index contributed by atoms with van der Waals surface area (Å²) < 4.78 is 34.5. The summed E-state index contributed by atoms with van der Waals surface area (Å²) in [7, 11) is 0. The van der Waals surface area contributed by atoms with Crippen LogP contribution in [0.3, 0.4) is 0 Å². The largest absolute Gasteiger partial charge is 0.403 e. The molecule has 5 heteroatoms. The van der Waals surface area contributed by atoms with Gasteiger partial charge in [-0.25, -0.2) is 0 Å². The van der Waals surface area contributed by atoms with E-state index in [0.29, 0.717) is 6.42 Å². The molecule has 0 aromatic rings. The van der Waals surface area contributed by atoms with E-state index in [2.05, 4.69) is 0 Å². The van der Waals surface area contributed by atoms with E-state index in [0.717, 1.165) is 0 Å². The number of hydrogen-bond donors (Lipinski definition) is 1. The zero-order chi connectivity index (χ0) is 7.49. The summed E-state index contributed by atoms with van der Waals surface area (Å²) in [5.41, 5.74) is 4.74. The molecule has 0 saturated heterocycles. The normalized spacial score (nSPS) is 14.1. The van der Waals surface area contributed by atoms with Gasteiger partial charge in [0.1, 0.15) is 6.04 Å². The summed E-state index contributed by atoms with van der Waals surface area (Å²) in [4.78, 5) is 0. The Labute approximate surface area is 64.2 Å². The monoisotopic (exact) mass is 177 g/mol. The summed E-state index contributed by atoms with van der Waals surface area (Å²) in [5, 5.41) is 0. The van der Waals surface area contributed by atoms with Gasteiger partial charge in [0.2, 0.25) is 0 Å². The molecule has 0 unspecified atom stereocenters. The zero-order valence-electron chi connectivity index (χ0n) is 5.61. The Morgan fingerprint density at radius 2 is 1.80 bits per heavy atom. The van der Waals surface area contributed by atoms with Crippen molar-refractivity contribution < 1.29 is 13.2 Å². The minimum atomic E-state index is -4.21. The van der Waals surface area contributed by atoms with Crippen molar-refractivity contribution >= 4 is 12.4 Å². The maximum absolute atomic E-state index is 11.5. The van der Waals surface area contributed by atoms with E-state index in [4.69, 9.17) is 5.73 Å². The maximum Gasteiger partial charge on any atom is 0.403 e. The number of alkyl halides is 3. The quantitative estimate of drug-likeness (QED) is 0.687. The standard InChI is InChI=1S/C5H10F3N.ClH/c1-2-3-4(9)5(6,7)8;/h4H,2-3,9H2,1H3;1H/t4-;/m1./s1. The lowest BCUT2D eigenvalue weighted by Crippen LogP contribution is -2.36. The molecular weight excluding hydrogens is 167 g/mol. The molecule has 64 valence electrons. The molecule has 0 aliphatic carbocycles. The fourth-order valence-corrected chi connectivity index (χ4v) is 0.475.